The summed E-state index contributed by atoms with van der Waals surface area (Å²) in [6.45, 7) is 0.818. The monoisotopic (exact) mass is 284 g/mol. The number of methoxy groups -OCH3 is 1. The summed E-state index contributed by atoms with van der Waals surface area (Å²) in [5, 5.41) is 2.50. The average molecular weight is 285 g/mol. The zero-order valence-electron chi connectivity index (χ0n) is 10.3. The number of hydrogen-bond donors (Lipinski definition) is 2. The summed E-state index contributed by atoms with van der Waals surface area (Å²) >= 11 is 5.86. The van der Waals surface area contributed by atoms with Crippen LogP contribution in [-0.4, -0.2) is 39.2 Å². The molecule has 102 valence electrons. The SMILES string of the molecule is COc1ncnc2c1nc(CCl)n2CCNC(N)=O. The molecule has 0 fully saturated rings. The lowest BCUT2D eigenvalue weighted by molar-refractivity contribution is 0.248. The Hall–Kier alpha value is -2.09. The number of nitrogens with two attached hydrogens (primary N) is 1. The average Bonchev–Trinajstić information content (AvgIpc) is 2.76. The van der Waals surface area contributed by atoms with Gasteiger partial charge in [0.1, 0.15) is 12.2 Å². The quantitative estimate of drug-likeness (QED) is 0.765. The van der Waals surface area contributed by atoms with Crippen molar-refractivity contribution in [2.24, 2.45) is 5.73 Å². The number of urea groups is 1. The van der Waals surface area contributed by atoms with Gasteiger partial charge in [-0.3, -0.25) is 0 Å². The van der Waals surface area contributed by atoms with E-state index in [4.69, 9.17) is 22.1 Å². The van der Waals surface area contributed by atoms with E-state index < -0.39 is 6.03 Å². The van der Waals surface area contributed by atoms with Gasteiger partial charge in [-0.05, 0) is 0 Å². The third-order valence-electron chi connectivity index (χ3n) is 2.53. The van der Waals surface area contributed by atoms with Crippen LogP contribution < -0.4 is 15.8 Å². The highest BCUT2D eigenvalue weighted by Crippen LogP contribution is 2.22. The zero-order chi connectivity index (χ0) is 13.8. The number of aromatic nitrogens is 4. The number of carbonyl (C=O) groups excluding carboxylic acids is 1. The van der Waals surface area contributed by atoms with E-state index in [1.54, 1.807) is 4.57 Å². The molecule has 0 spiro atoms. The minimum Gasteiger partial charge on any atom is -0.479 e. The van der Waals surface area contributed by atoms with Crippen molar-refractivity contribution in [3.8, 4) is 5.88 Å². The Bertz CT molecular complexity index is 599. The molecule has 2 aromatic rings. The first kappa shape index (κ1) is 13.3. The van der Waals surface area contributed by atoms with E-state index in [2.05, 4.69) is 20.3 Å². The fourth-order valence-corrected chi connectivity index (χ4v) is 1.94. The molecule has 3 N–H and O–H groups in total. The van der Waals surface area contributed by atoms with Gasteiger partial charge in [-0.2, -0.15) is 4.98 Å². The van der Waals surface area contributed by atoms with Crippen LogP contribution in [0.15, 0.2) is 6.33 Å². The van der Waals surface area contributed by atoms with Crippen LogP contribution in [0.1, 0.15) is 5.82 Å². The molecule has 0 aliphatic rings. The first-order valence-corrected chi connectivity index (χ1v) is 6.04. The van der Waals surface area contributed by atoms with Gasteiger partial charge in [0, 0.05) is 13.1 Å². The van der Waals surface area contributed by atoms with Crippen molar-refractivity contribution in [2.45, 2.75) is 12.4 Å². The molecule has 2 heterocycles. The summed E-state index contributed by atoms with van der Waals surface area (Å²) in [5.41, 5.74) is 6.16. The van der Waals surface area contributed by atoms with Crippen molar-refractivity contribution in [1.29, 1.82) is 0 Å². The van der Waals surface area contributed by atoms with Crippen LogP contribution in [0.25, 0.3) is 11.2 Å². The smallest absolute Gasteiger partial charge is 0.312 e. The molecular weight excluding hydrogens is 272 g/mol. The second kappa shape index (κ2) is 5.70. The van der Waals surface area contributed by atoms with Crippen molar-refractivity contribution >= 4 is 28.8 Å². The van der Waals surface area contributed by atoms with Gasteiger partial charge in [0.2, 0.25) is 5.88 Å². The predicted molar refractivity (Wildman–Crippen MR) is 69.0 cm³/mol. The largest absolute Gasteiger partial charge is 0.479 e. The Morgan fingerprint density at radius 3 is 3.00 bits per heavy atom. The number of carbonyl (C=O) groups is 1. The van der Waals surface area contributed by atoms with Crippen molar-refractivity contribution in [1.82, 2.24) is 24.8 Å². The number of nitrogens with one attached hydrogen (secondary N) is 1. The van der Waals surface area contributed by atoms with Gasteiger partial charge in [-0.15, -0.1) is 11.6 Å². The molecular formula is C10H13ClN6O2. The third kappa shape index (κ3) is 2.68. The first-order valence-electron chi connectivity index (χ1n) is 5.50. The normalized spacial score (nSPS) is 10.6. The van der Waals surface area contributed by atoms with E-state index in [-0.39, 0.29) is 5.88 Å². The molecule has 9 heteroatoms. The number of imidazole rings is 1. The summed E-state index contributed by atoms with van der Waals surface area (Å²) in [7, 11) is 1.51. The molecule has 0 atom stereocenters. The molecule has 2 aromatic heterocycles. The second-order valence-corrected chi connectivity index (χ2v) is 3.93. The first-order chi connectivity index (χ1) is 9.17. The van der Waals surface area contributed by atoms with E-state index in [0.717, 1.165) is 0 Å². The van der Waals surface area contributed by atoms with Crippen molar-refractivity contribution in [2.75, 3.05) is 13.7 Å². The van der Waals surface area contributed by atoms with Crippen LogP contribution in [0, 0.1) is 0 Å². The molecule has 2 amide bonds. The van der Waals surface area contributed by atoms with Crippen molar-refractivity contribution in [3.05, 3.63) is 12.2 Å². The van der Waals surface area contributed by atoms with Gasteiger partial charge < -0.3 is 20.4 Å². The van der Waals surface area contributed by atoms with Crippen molar-refractivity contribution in [3.63, 3.8) is 0 Å². The topological polar surface area (TPSA) is 108 Å². The van der Waals surface area contributed by atoms with Crippen LogP contribution in [-0.2, 0) is 12.4 Å². The number of ether oxygens (including phenoxy) is 1. The van der Waals surface area contributed by atoms with E-state index in [0.29, 0.717) is 36.0 Å². The highest BCUT2D eigenvalue weighted by Gasteiger charge is 2.15. The number of halogens is 1. The summed E-state index contributed by atoms with van der Waals surface area (Å²) in [6.07, 6.45) is 1.39. The number of nitrogens with zero attached hydrogens (tertiary/aromatic N) is 4. The van der Waals surface area contributed by atoms with Gasteiger partial charge in [0.15, 0.2) is 11.2 Å². The van der Waals surface area contributed by atoms with Crippen molar-refractivity contribution < 1.29 is 9.53 Å². The molecule has 0 saturated carbocycles. The van der Waals surface area contributed by atoms with E-state index >= 15 is 0 Å². The Morgan fingerprint density at radius 1 is 1.58 bits per heavy atom. The molecule has 0 radical (unpaired) electrons. The standard InChI is InChI=1S/C10H13ClN6O2/c1-19-9-7-8(14-5-15-9)17(6(4-11)16-7)3-2-13-10(12)18/h5H,2-4H2,1H3,(H3,12,13,18). The Morgan fingerprint density at radius 2 is 2.37 bits per heavy atom. The number of hydrogen-bond acceptors (Lipinski definition) is 5. The molecule has 8 nitrogen and oxygen atoms in total. The molecule has 0 saturated heterocycles. The molecule has 0 aliphatic carbocycles. The van der Waals surface area contributed by atoms with Crippen LogP contribution in [0.2, 0.25) is 0 Å². The fraction of sp³-hybridized carbons (Fsp3) is 0.400. The Balaban J connectivity index is 2.37. The maximum absolute atomic E-state index is 10.7. The van der Waals surface area contributed by atoms with Gasteiger partial charge >= 0.3 is 6.03 Å². The second-order valence-electron chi connectivity index (χ2n) is 3.66. The maximum Gasteiger partial charge on any atom is 0.312 e. The summed E-state index contributed by atoms with van der Waals surface area (Å²) in [5.74, 6) is 1.23. The molecule has 0 unspecified atom stereocenters. The lowest BCUT2D eigenvalue weighted by Crippen LogP contribution is -2.32. The molecule has 0 aromatic carbocycles. The minimum atomic E-state index is -0.580. The van der Waals surface area contributed by atoms with Crippen LogP contribution in [0.5, 0.6) is 5.88 Å². The molecule has 2 rings (SSSR count). The van der Waals surface area contributed by atoms with Gasteiger partial charge in [-0.1, -0.05) is 0 Å². The highest BCUT2D eigenvalue weighted by atomic mass is 35.5. The Kier molecular flexibility index (Phi) is 4.00. The number of amides is 2. The maximum atomic E-state index is 10.7. The van der Waals surface area contributed by atoms with Gasteiger partial charge in [0.05, 0.1) is 13.0 Å². The molecule has 19 heavy (non-hydrogen) atoms. The van der Waals surface area contributed by atoms with E-state index in [1.165, 1.54) is 13.4 Å². The minimum absolute atomic E-state index is 0.218. The summed E-state index contributed by atoms with van der Waals surface area (Å²) in [6, 6.07) is -0.580. The number of fused-ring (bicyclic) bond motifs is 1. The number of alkyl halides is 1. The van der Waals surface area contributed by atoms with Crippen LogP contribution in [0.3, 0.4) is 0 Å². The molecule has 0 bridgehead atoms. The number of primary amides is 1. The fourth-order valence-electron chi connectivity index (χ4n) is 1.74. The third-order valence-corrected chi connectivity index (χ3v) is 2.76. The Labute approximate surface area is 113 Å². The summed E-state index contributed by atoms with van der Waals surface area (Å²) in [4.78, 5) is 23.1. The van der Waals surface area contributed by atoms with Crippen LogP contribution in [0.4, 0.5) is 4.79 Å². The van der Waals surface area contributed by atoms with Gasteiger partial charge in [-0.25, -0.2) is 14.8 Å². The van der Waals surface area contributed by atoms with E-state index in [9.17, 15) is 4.79 Å². The molecule has 0 aliphatic heterocycles. The lowest BCUT2D eigenvalue weighted by atomic mass is 10.5. The lowest BCUT2D eigenvalue weighted by Gasteiger charge is -2.07. The number of rotatable bonds is 5. The predicted octanol–water partition coefficient (Wildman–Crippen LogP) is 0.242. The van der Waals surface area contributed by atoms with Gasteiger partial charge in [0.25, 0.3) is 0 Å². The highest BCUT2D eigenvalue weighted by molar-refractivity contribution is 6.16. The van der Waals surface area contributed by atoms with E-state index in [1.807, 2.05) is 0 Å². The zero-order valence-corrected chi connectivity index (χ0v) is 11.0. The summed E-state index contributed by atoms with van der Waals surface area (Å²) < 4.78 is 6.92. The van der Waals surface area contributed by atoms with Crippen LogP contribution >= 0.6 is 11.6 Å².